The highest BCUT2D eigenvalue weighted by Crippen LogP contribution is 2.18. The number of aromatic carboxylic acids is 1. The molecule has 0 bridgehead atoms. The Balaban J connectivity index is 2.32. The maximum Gasteiger partial charge on any atom is 0.335 e. The van der Waals surface area contributed by atoms with Gasteiger partial charge in [0.05, 0.1) is 16.6 Å². The summed E-state index contributed by atoms with van der Waals surface area (Å²) in [6.07, 6.45) is 1.61. The van der Waals surface area contributed by atoms with Crippen LogP contribution in [0.1, 0.15) is 10.4 Å². The van der Waals surface area contributed by atoms with E-state index >= 15 is 0 Å². The van der Waals surface area contributed by atoms with Crippen molar-refractivity contribution in [2.45, 2.75) is 0 Å². The monoisotopic (exact) mass is 261 g/mol. The molecular weight excluding hydrogens is 254 g/mol. The van der Waals surface area contributed by atoms with E-state index in [0.29, 0.717) is 16.2 Å². The van der Waals surface area contributed by atoms with E-state index in [-0.39, 0.29) is 11.3 Å². The zero-order chi connectivity index (χ0) is 12.7. The topological polar surface area (TPSA) is 88.0 Å². The van der Waals surface area contributed by atoms with Crippen LogP contribution < -0.4 is 5.69 Å². The Morgan fingerprint density at radius 3 is 2.94 bits per heavy atom. The zero-order valence-electron chi connectivity index (χ0n) is 8.95. The Bertz CT molecular complexity index is 786. The summed E-state index contributed by atoms with van der Waals surface area (Å²) in [5.74, 6) is -1.03. The Morgan fingerprint density at radius 1 is 1.44 bits per heavy atom. The van der Waals surface area contributed by atoms with E-state index in [9.17, 15) is 9.59 Å². The highest BCUT2D eigenvalue weighted by atomic mass is 32.1. The molecule has 7 heteroatoms. The summed E-state index contributed by atoms with van der Waals surface area (Å²) in [6.45, 7) is 0. The van der Waals surface area contributed by atoms with Crippen molar-refractivity contribution in [1.82, 2.24) is 14.5 Å². The number of thiazole rings is 1. The third kappa shape index (κ3) is 1.52. The van der Waals surface area contributed by atoms with Gasteiger partial charge in [-0.25, -0.2) is 19.1 Å². The predicted octanol–water partition coefficient (Wildman–Crippen LogP) is 1.47. The normalized spacial score (nSPS) is 10.9. The van der Waals surface area contributed by atoms with Crippen molar-refractivity contribution in [2.24, 2.45) is 0 Å². The van der Waals surface area contributed by atoms with Crippen LogP contribution in [0.4, 0.5) is 0 Å². The van der Waals surface area contributed by atoms with Crippen molar-refractivity contribution in [3.63, 3.8) is 0 Å². The zero-order valence-corrected chi connectivity index (χ0v) is 9.77. The number of aromatic amines is 1. The summed E-state index contributed by atoms with van der Waals surface area (Å²) in [6, 6.07) is 4.49. The average molecular weight is 261 g/mol. The minimum atomic E-state index is -1.03. The maximum absolute atomic E-state index is 11.8. The number of aromatic nitrogens is 3. The first kappa shape index (κ1) is 10.7. The number of carboxylic acid groups (broad SMARTS) is 1. The summed E-state index contributed by atoms with van der Waals surface area (Å²) in [4.78, 5) is 29.4. The number of hydrogen-bond donors (Lipinski definition) is 2. The number of H-pyrrole nitrogens is 1. The van der Waals surface area contributed by atoms with E-state index in [4.69, 9.17) is 5.11 Å². The molecule has 0 atom stereocenters. The van der Waals surface area contributed by atoms with Crippen molar-refractivity contribution in [2.75, 3.05) is 0 Å². The molecule has 2 heterocycles. The summed E-state index contributed by atoms with van der Waals surface area (Å²) in [5, 5.41) is 11.2. The van der Waals surface area contributed by atoms with E-state index in [0.717, 1.165) is 0 Å². The van der Waals surface area contributed by atoms with Gasteiger partial charge in [0.1, 0.15) is 0 Å². The van der Waals surface area contributed by atoms with Crippen LogP contribution >= 0.6 is 11.3 Å². The number of nitrogens with one attached hydrogen (secondary N) is 1. The maximum atomic E-state index is 11.8. The van der Waals surface area contributed by atoms with E-state index in [2.05, 4.69) is 9.97 Å². The number of benzene rings is 1. The standard InChI is InChI=1S/C11H7N3O3S/c15-9(16)6-1-2-8-7(5-6)13-10(17)14(8)11-12-3-4-18-11/h1-5H,(H,13,17)(H,15,16). The van der Waals surface area contributed by atoms with Crippen molar-refractivity contribution in [3.8, 4) is 5.13 Å². The molecule has 3 rings (SSSR count). The molecule has 0 aliphatic rings. The Labute approximate surface area is 104 Å². The molecule has 2 aromatic heterocycles. The second kappa shape index (κ2) is 3.81. The van der Waals surface area contributed by atoms with Crippen LogP contribution in [0.25, 0.3) is 16.2 Å². The SMILES string of the molecule is O=C(O)c1ccc2c(c1)[nH]c(=O)n2-c1nccs1. The molecular formula is C11H7N3O3S. The molecule has 2 N–H and O–H groups in total. The minimum Gasteiger partial charge on any atom is -0.478 e. The van der Waals surface area contributed by atoms with Gasteiger partial charge in [-0.1, -0.05) is 0 Å². The van der Waals surface area contributed by atoms with Crippen molar-refractivity contribution in [3.05, 3.63) is 45.8 Å². The van der Waals surface area contributed by atoms with Crippen LogP contribution in [0.2, 0.25) is 0 Å². The third-order valence-corrected chi connectivity index (χ3v) is 3.30. The van der Waals surface area contributed by atoms with Crippen molar-refractivity contribution in [1.29, 1.82) is 0 Å². The van der Waals surface area contributed by atoms with Crippen LogP contribution in [0.15, 0.2) is 34.6 Å². The molecule has 0 amide bonds. The van der Waals surface area contributed by atoms with Crippen LogP contribution in [-0.4, -0.2) is 25.6 Å². The van der Waals surface area contributed by atoms with Gasteiger partial charge in [-0.15, -0.1) is 11.3 Å². The van der Waals surface area contributed by atoms with Crippen LogP contribution in [0, 0.1) is 0 Å². The second-order valence-electron chi connectivity index (χ2n) is 3.62. The molecule has 18 heavy (non-hydrogen) atoms. The largest absolute Gasteiger partial charge is 0.478 e. The first-order chi connectivity index (χ1) is 8.66. The van der Waals surface area contributed by atoms with Gasteiger partial charge >= 0.3 is 11.7 Å². The van der Waals surface area contributed by atoms with E-state index < -0.39 is 5.97 Å². The molecule has 3 aromatic rings. The third-order valence-electron chi connectivity index (χ3n) is 2.54. The van der Waals surface area contributed by atoms with E-state index in [1.165, 1.54) is 28.0 Å². The number of hydrogen-bond acceptors (Lipinski definition) is 4. The lowest BCUT2D eigenvalue weighted by molar-refractivity contribution is 0.0697. The lowest BCUT2D eigenvalue weighted by atomic mass is 10.2. The van der Waals surface area contributed by atoms with Gasteiger partial charge in [0.15, 0.2) is 5.13 Å². The number of carboxylic acids is 1. The van der Waals surface area contributed by atoms with Gasteiger partial charge in [0, 0.05) is 11.6 Å². The second-order valence-corrected chi connectivity index (χ2v) is 4.49. The first-order valence-electron chi connectivity index (χ1n) is 5.05. The average Bonchev–Trinajstić information content (AvgIpc) is 2.93. The van der Waals surface area contributed by atoms with Gasteiger partial charge in [-0.05, 0) is 18.2 Å². The summed E-state index contributed by atoms with van der Waals surface area (Å²) >= 11 is 1.34. The highest BCUT2D eigenvalue weighted by Gasteiger charge is 2.12. The summed E-state index contributed by atoms with van der Waals surface area (Å²) < 4.78 is 1.42. The van der Waals surface area contributed by atoms with Gasteiger partial charge in [-0.2, -0.15) is 0 Å². The van der Waals surface area contributed by atoms with Crippen molar-refractivity contribution < 1.29 is 9.90 Å². The van der Waals surface area contributed by atoms with E-state index in [1.807, 2.05) is 0 Å². The fourth-order valence-corrected chi connectivity index (χ4v) is 2.41. The smallest absolute Gasteiger partial charge is 0.335 e. The van der Waals surface area contributed by atoms with Gasteiger partial charge in [0.25, 0.3) is 0 Å². The Morgan fingerprint density at radius 2 is 2.28 bits per heavy atom. The van der Waals surface area contributed by atoms with Gasteiger partial charge < -0.3 is 10.1 Å². The van der Waals surface area contributed by atoms with Crippen LogP contribution in [-0.2, 0) is 0 Å². The molecule has 0 saturated carbocycles. The fraction of sp³-hybridized carbons (Fsp3) is 0. The highest BCUT2D eigenvalue weighted by molar-refractivity contribution is 7.12. The summed E-state index contributed by atoms with van der Waals surface area (Å²) in [7, 11) is 0. The molecule has 0 fully saturated rings. The van der Waals surface area contributed by atoms with Crippen LogP contribution in [0.3, 0.4) is 0 Å². The Kier molecular flexibility index (Phi) is 2.27. The fourth-order valence-electron chi connectivity index (χ4n) is 1.76. The molecule has 0 aliphatic heterocycles. The van der Waals surface area contributed by atoms with Crippen molar-refractivity contribution >= 4 is 28.3 Å². The molecule has 6 nitrogen and oxygen atoms in total. The minimum absolute atomic E-state index is 0.134. The molecule has 0 unspecified atom stereocenters. The lowest BCUT2D eigenvalue weighted by Gasteiger charge is -1.98. The lowest BCUT2D eigenvalue weighted by Crippen LogP contribution is -2.14. The molecule has 90 valence electrons. The molecule has 0 radical (unpaired) electrons. The number of nitrogens with zero attached hydrogens (tertiary/aromatic N) is 2. The molecule has 1 aromatic carbocycles. The number of imidazole rings is 1. The number of fused-ring (bicyclic) bond motifs is 1. The predicted molar refractivity (Wildman–Crippen MR) is 66.5 cm³/mol. The first-order valence-corrected chi connectivity index (χ1v) is 5.93. The molecule has 0 spiro atoms. The summed E-state index contributed by atoms with van der Waals surface area (Å²) in [5.41, 5.74) is 0.896. The van der Waals surface area contributed by atoms with Gasteiger partial charge in [0.2, 0.25) is 0 Å². The van der Waals surface area contributed by atoms with Crippen LogP contribution in [0.5, 0.6) is 0 Å². The molecule has 0 saturated heterocycles. The molecule has 0 aliphatic carbocycles. The van der Waals surface area contributed by atoms with E-state index in [1.54, 1.807) is 17.6 Å². The Hall–Kier alpha value is -2.41. The quantitative estimate of drug-likeness (QED) is 0.731. The number of rotatable bonds is 2. The van der Waals surface area contributed by atoms with Gasteiger partial charge in [-0.3, -0.25) is 0 Å². The number of carbonyl (C=O) groups is 1.